The Morgan fingerprint density at radius 3 is 2.23 bits per heavy atom. The van der Waals surface area contributed by atoms with E-state index in [0.29, 0.717) is 6.54 Å². The highest BCUT2D eigenvalue weighted by molar-refractivity contribution is 5.78. The maximum absolute atomic E-state index is 11.5. The number of hydrogen-bond acceptors (Lipinski definition) is 3. The molecule has 1 amide bonds. The first-order chi connectivity index (χ1) is 5.99. The van der Waals surface area contributed by atoms with Crippen LogP contribution < -0.4 is 0 Å². The minimum atomic E-state index is -0.547. The number of carbonyl (C=O) groups is 1. The Morgan fingerprint density at radius 1 is 1.38 bits per heavy atom. The van der Waals surface area contributed by atoms with Crippen LogP contribution in [0.25, 0.3) is 0 Å². The van der Waals surface area contributed by atoms with Gasteiger partial charge in [-0.25, -0.2) is 0 Å². The molecule has 78 valence electrons. The van der Waals surface area contributed by atoms with E-state index in [1.165, 1.54) is 4.90 Å². The van der Waals surface area contributed by atoms with Gasteiger partial charge in [-0.05, 0) is 6.92 Å². The highest BCUT2D eigenvalue weighted by Gasteiger charge is 2.17. The monoisotopic (exact) mass is 189 g/mol. The highest BCUT2D eigenvalue weighted by atomic mass is 16.3. The minimum absolute atomic E-state index is 0.0325. The summed E-state index contributed by atoms with van der Waals surface area (Å²) in [4.78, 5) is 13.0. The molecule has 0 aromatic carbocycles. The largest absolute Gasteiger partial charge is 0.395 e. The molecule has 4 nitrogen and oxygen atoms in total. The van der Waals surface area contributed by atoms with E-state index in [2.05, 4.69) is 0 Å². The summed E-state index contributed by atoms with van der Waals surface area (Å²) in [5, 5.41) is 17.8. The van der Waals surface area contributed by atoms with Crippen LogP contribution in [0.1, 0.15) is 20.8 Å². The Balaban J connectivity index is 4.15. The van der Waals surface area contributed by atoms with Crippen LogP contribution in [0.4, 0.5) is 0 Å². The van der Waals surface area contributed by atoms with E-state index in [1.807, 2.05) is 0 Å². The maximum Gasteiger partial charge on any atom is 0.225 e. The molecule has 0 saturated heterocycles. The summed E-state index contributed by atoms with van der Waals surface area (Å²) >= 11 is 0. The first-order valence-electron chi connectivity index (χ1n) is 4.56. The number of carbonyl (C=O) groups excluding carboxylic acids is 1. The van der Waals surface area contributed by atoms with E-state index in [-0.39, 0.29) is 25.0 Å². The zero-order valence-electron chi connectivity index (χ0n) is 8.53. The number of aliphatic hydroxyl groups is 2. The molecule has 4 heteroatoms. The summed E-state index contributed by atoms with van der Waals surface area (Å²) < 4.78 is 0. The zero-order valence-corrected chi connectivity index (χ0v) is 8.53. The number of amides is 1. The Morgan fingerprint density at radius 2 is 1.92 bits per heavy atom. The van der Waals surface area contributed by atoms with Crippen molar-refractivity contribution in [2.24, 2.45) is 5.92 Å². The lowest BCUT2D eigenvalue weighted by Gasteiger charge is -2.24. The quantitative estimate of drug-likeness (QED) is 0.632. The number of aliphatic hydroxyl groups excluding tert-OH is 2. The summed E-state index contributed by atoms with van der Waals surface area (Å²) in [5.74, 6) is -0.125. The van der Waals surface area contributed by atoms with Gasteiger partial charge in [-0.2, -0.15) is 0 Å². The molecular weight excluding hydrogens is 170 g/mol. The molecule has 0 rings (SSSR count). The maximum atomic E-state index is 11.5. The van der Waals surface area contributed by atoms with Gasteiger partial charge < -0.3 is 15.1 Å². The van der Waals surface area contributed by atoms with Crippen LogP contribution in [0, 0.1) is 5.92 Å². The van der Waals surface area contributed by atoms with Crippen molar-refractivity contribution in [3.63, 3.8) is 0 Å². The third-order valence-corrected chi connectivity index (χ3v) is 1.66. The Labute approximate surface area is 79.2 Å². The van der Waals surface area contributed by atoms with Gasteiger partial charge in [0.15, 0.2) is 0 Å². The van der Waals surface area contributed by atoms with E-state index in [0.717, 1.165) is 0 Å². The summed E-state index contributed by atoms with van der Waals surface area (Å²) in [7, 11) is 0. The molecule has 1 atom stereocenters. The van der Waals surface area contributed by atoms with Crippen molar-refractivity contribution in [2.75, 3.05) is 19.7 Å². The molecule has 0 aliphatic rings. The summed E-state index contributed by atoms with van der Waals surface area (Å²) in [6, 6.07) is 0. The normalized spacial score (nSPS) is 13.1. The molecule has 0 aromatic heterocycles. The summed E-state index contributed by atoms with van der Waals surface area (Å²) in [5.41, 5.74) is 0. The van der Waals surface area contributed by atoms with E-state index in [9.17, 15) is 4.79 Å². The van der Waals surface area contributed by atoms with Crippen molar-refractivity contribution >= 4 is 5.91 Å². The average molecular weight is 189 g/mol. The van der Waals surface area contributed by atoms with Crippen LogP contribution in [0.2, 0.25) is 0 Å². The third-order valence-electron chi connectivity index (χ3n) is 1.66. The fraction of sp³-hybridized carbons (Fsp3) is 0.889. The van der Waals surface area contributed by atoms with Crippen molar-refractivity contribution in [1.29, 1.82) is 0 Å². The number of nitrogens with zero attached hydrogens (tertiary/aromatic N) is 1. The average Bonchev–Trinajstić information content (AvgIpc) is 2.01. The van der Waals surface area contributed by atoms with Crippen LogP contribution in [-0.2, 0) is 4.79 Å². The molecule has 13 heavy (non-hydrogen) atoms. The van der Waals surface area contributed by atoms with Gasteiger partial charge in [0, 0.05) is 19.0 Å². The topological polar surface area (TPSA) is 60.8 Å². The van der Waals surface area contributed by atoms with Crippen LogP contribution in [-0.4, -0.2) is 46.8 Å². The van der Waals surface area contributed by atoms with E-state index >= 15 is 0 Å². The first kappa shape index (κ1) is 12.4. The van der Waals surface area contributed by atoms with Gasteiger partial charge >= 0.3 is 0 Å². The van der Waals surface area contributed by atoms with Crippen molar-refractivity contribution in [3.8, 4) is 0 Å². The lowest BCUT2D eigenvalue weighted by atomic mass is 10.2. The van der Waals surface area contributed by atoms with Crippen LogP contribution >= 0.6 is 0 Å². The lowest BCUT2D eigenvalue weighted by molar-refractivity contribution is -0.136. The van der Waals surface area contributed by atoms with Gasteiger partial charge in [-0.1, -0.05) is 13.8 Å². The fourth-order valence-corrected chi connectivity index (χ4v) is 1.10. The van der Waals surface area contributed by atoms with E-state index in [4.69, 9.17) is 10.2 Å². The van der Waals surface area contributed by atoms with Crippen LogP contribution in [0.5, 0.6) is 0 Å². The van der Waals surface area contributed by atoms with Crippen molar-refractivity contribution in [2.45, 2.75) is 26.9 Å². The predicted molar refractivity (Wildman–Crippen MR) is 50.2 cm³/mol. The van der Waals surface area contributed by atoms with E-state index in [1.54, 1.807) is 20.8 Å². The highest BCUT2D eigenvalue weighted by Crippen LogP contribution is 2.02. The van der Waals surface area contributed by atoms with E-state index < -0.39 is 6.10 Å². The standard InChI is InChI=1S/C9H19NO3/c1-7(2)9(13)10(4-5-11)6-8(3)12/h7-8,11-12H,4-6H2,1-3H3/t8-/m1/s1. The number of hydrogen-bond donors (Lipinski definition) is 2. The fourth-order valence-electron chi connectivity index (χ4n) is 1.10. The molecule has 0 radical (unpaired) electrons. The molecular formula is C9H19NO3. The lowest BCUT2D eigenvalue weighted by Crippen LogP contribution is -2.40. The molecule has 0 spiro atoms. The van der Waals surface area contributed by atoms with Crippen LogP contribution in [0.3, 0.4) is 0 Å². The van der Waals surface area contributed by atoms with Crippen molar-refractivity contribution in [3.05, 3.63) is 0 Å². The number of rotatable bonds is 5. The smallest absolute Gasteiger partial charge is 0.225 e. The van der Waals surface area contributed by atoms with Crippen molar-refractivity contribution in [1.82, 2.24) is 4.90 Å². The molecule has 2 N–H and O–H groups in total. The van der Waals surface area contributed by atoms with Crippen molar-refractivity contribution < 1.29 is 15.0 Å². The van der Waals surface area contributed by atoms with Gasteiger partial charge in [0.1, 0.15) is 0 Å². The van der Waals surface area contributed by atoms with Gasteiger partial charge in [0.25, 0.3) is 0 Å². The zero-order chi connectivity index (χ0) is 10.4. The predicted octanol–water partition coefficient (Wildman–Crippen LogP) is -0.156. The van der Waals surface area contributed by atoms with Gasteiger partial charge in [0.05, 0.1) is 12.7 Å². The van der Waals surface area contributed by atoms with Gasteiger partial charge in [0.2, 0.25) is 5.91 Å². The molecule has 0 unspecified atom stereocenters. The molecule has 0 fully saturated rings. The van der Waals surface area contributed by atoms with Gasteiger partial charge in [-0.3, -0.25) is 4.79 Å². The molecule has 0 aliphatic heterocycles. The SMILES string of the molecule is CC(C)C(=O)N(CCO)C[C@@H](C)O. The second kappa shape index (κ2) is 5.94. The molecule has 0 aromatic rings. The Bertz CT molecular complexity index is 157. The Hall–Kier alpha value is -0.610. The second-order valence-electron chi connectivity index (χ2n) is 3.51. The second-order valence-corrected chi connectivity index (χ2v) is 3.51. The minimum Gasteiger partial charge on any atom is -0.395 e. The first-order valence-corrected chi connectivity index (χ1v) is 4.56. The molecule has 0 bridgehead atoms. The van der Waals surface area contributed by atoms with Gasteiger partial charge in [-0.15, -0.1) is 0 Å². The Kier molecular flexibility index (Phi) is 5.66. The molecule has 0 heterocycles. The summed E-state index contributed by atoms with van der Waals surface area (Å²) in [6.45, 7) is 5.74. The summed E-state index contributed by atoms with van der Waals surface area (Å²) in [6.07, 6.45) is -0.547. The third kappa shape index (κ3) is 4.85. The molecule has 0 saturated carbocycles. The molecule has 0 aliphatic carbocycles. The van der Waals surface area contributed by atoms with Crippen LogP contribution in [0.15, 0.2) is 0 Å².